The number of hydrogen-bond acceptors (Lipinski definition) is 4. The fraction of sp³-hybridized carbons (Fsp3) is 0.909. The lowest BCUT2D eigenvalue weighted by atomic mass is 10.2. The fourth-order valence-electron chi connectivity index (χ4n) is 2.44. The van der Waals surface area contributed by atoms with E-state index >= 15 is 0 Å². The molecule has 2 rings (SSSR count). The Kier molecular flexibility index (Phi) is 4.10. The molecule has 0 aromatic carbocycles. The van der Waals surface area contributed by atoms with E-state index in [1.807, 2.05) is 11.9 Å². The molecule has 0 aromatic heterocycles. The third-order valence-corrected chi connectivity index (χ3v) is 4.49. The van der Waals surface area contributed by atoms with Gasteiger partial charge < -0.3 is 9.80 Å². The van der Waals surface area contributed by atoms with Crippen LogP contribution >= 0.6 is 11.8 Å². The molecule has 0 saturated carbocycles. The zero-order chi connectivity index (χ0) is 11.5. The number of carbonyl (C=O) groups is 1. The number of likely N-dealkylation sites (tertiary alicyclic amines) is 1. The van der Waals surface area contributed by atoms with Crippen molar-refractivity contribution in [3.05, 3.63) is 0 Å². The lowest BCUT2D eigenvalue weighted by Gasteiger charge is -2.27. The molecule has 92 valence electrons. The smallest absolute Gasteiger partial charge is 0.240 e. The largest absolute Gasteiger partial charge is 0.343 e. The van der Waals surface area contributed by atoms with E-state index < -0.39 is 0 Å². The van der Waals surface area contributed by atoms with Gasteiger partial charge in [0.2, 0.25) is 5.91 Å². The average molecular weight is 243 g/mol. The van der Waals surface area contributed by atoms with Crippen LogP contribution in [0.5, 0.6) is 0 Å². The maximum absolute atomic E-state index is 12.1. The molecule has 2 unspecified atom stereocenters. The molecule has 0 spiro atoms. The summed E-state index contributed by atoms with van der Waals surface area (Å²) in [5.41, 5.74) is 0. The minimum Gasteiger partial charge on any atom is -0.343 e. The molecule has 1 N–H and O–H groups in total. The van der Waals surface area contributed by atoms with Crippen molar-refractivity contribution in [1.29, 1.82) is 0 Å². The van der Waals surface area contributed by atoms with E-state index in [9.17, 15) is 4.79 Å². The Labute approximate surface area is 102 Å². The lowest BCUT2D eigenvalue weighted by Crippen LogP contribution is -2.47. The first-order valence-corrected chi connectivity index (χ1v) is 7.10. The number of carbonyl (C=O) groups excluding carboxylic acids is 1. The number of nitrogens with one attached hydrogen (secondary N) is 1. The minimum atomic E-state index is 0.0432. The summed E-state index contributed by atoms with van der Waals surface area (Å²) in [5, 5.41) is 3.23. The predicted octanol–water partition coefficient (Wildman–Crippen LogP) is 0.202. The van der Waals surface area contributed by atoms with Gasteiger partial charge in [-0.2, -0.15) is 0 Å². The van der Waals surface area contributed by atoms with Crippen LogP contribution in [0.4, 0.5) is 0 Å². The lowest BCUT2D eigenvalue weighted by molar-refractivity contribution is -0.131. The first-order valence-electron chi connectivity index (χ1n) is 5.95. The number of nitrogens with zero attached hydrogens (tertiary/aromatic N) is 2. The Balaban J connectivity index is 1.82. The van der Waals surface area contributed by atoms with Crippen LogP contribution in [0.3, 0.4) is 0 Å². The van der Waals surface area contributed by atoms with Crippen LogP contribution in [0, 0.1) is 0 Å². The third-order valence-electron chi connectivity index (χ3n) is 3.55. The number of thioether (sulfide) groups is 1. The van der Waals surface area contributed by atoms with Crippen LogP contribution in [0.15, 0.2) is 0 Å². The Morgan fingerprint density at radius 1 is 1.62 bits per heavy atom. The zero-order valence-corrected chi connectivity index (χ0v) is 10.9. The van der Waals surface area contributed by atoms with Gasteiger partial charge in [-0.25, -0.2) is 0 Å². The van der Waals surface area contributed by atoms with Gasteiger partial charge in [-0.3, -0.25) is 10.1 Å². The molecule has 2 heterocycles. The van der Waals surface area contributed by atoms with Gasteiger partial charge in [0.15, 0.2) is 0 Å². The number of hydrogen-bond donors (Lipinski definition) is 1. The molecule has 0 bridgehead atoms. The van der Waals surface area contributed by atoms with Crippen molar-refractivity contribution in [2.45, 2.75) is 24.9 Å². The SMILES string of the molecule is CN(CC1CCCN1C)C(=O)C1CSCN1. The van der Waals surface area contributed by atoms with Gasteiger partial charge >= 0.3 is 0 Å². The van der Waals surface area contributed by atoms with Gasteiger partial charge in [0.1, 0.15) is 0 Å². The predicted molar refractivity (Wildman–Crippen MR) is 67.5 cm³/mol. The Morgan fingerprint density at radius 3 is 3.00 bits per heavy atom. The Hall–Kier alpha value is -0.260. The maximum atomic E-state index is 12.1. The zero-order valence-electron chi connectivity index (χ0n) is 10.1. The number of amides is 1. The summed E-state index contributed by atoms with van der Waals surface area (Å²) in [6, 6.07) is 0.602. The minimum absolute atomic E-state index is 0.0432. The highest BCUT2D eigenvalue weighted by Gasteiger charge is 2.28. The van der Waals surface area contributed by atoms with Gasteiger partial charge in [0.25, 0.3) is 0 Å². The molecule has 2 aliphatic heterocycles. The molecule has 16 heavy (non-hydrogen) atoms. The molecular formula is C11H21N3OS. The molecule has 2 aliphatic rings. The number of rotatable bonds is 3. The molecule has 0 aliphatic carbocycles. The molecule has 2 atom stereocenters. The van der Waals surface area contributed by atoms with Crippen molar-refractivity contribution < 1.29 is 4.79 Å². The summed E-state index contributed by atoms with van der Waals surface area (Å²) in [6.45, 7) is 2.04. The Morgan fingerprint density at radius 2 is 2.44 bits per heavy atom. The first-order chi connectivity index (χ1) is 7.68. The normalized spacial score (nSPS) is 30.9. The standard InChI is InChI=1S/C11H21N3OS/c1-13-5-3-4-9(13)6-14(2)11(15)10-7-16-8-12-10/h9-10,12H,3-8H2,1-2H3. The van der Waals surface area contributed by atoms with E-state index in [0.29, 0.717) is 6.04 Å². The molecule has 5 heteroatoms. The molecule has 0 aromatic rings. The van der Waals surface area contributed by atoms with Gasteiger partial charge in [-0.15, -0.1) is 11.8 Å². The summed E-state index contributed by atoms with van der Waals surface area (Å²) >= 11 is 1.80. The second-order valence-corrected chi connectivity index (χ2v) is 5.80. The summed E-state index contributed by atoms with van der Waals surface area (Å²) in [6.07, 6.45) is 2.49. The van der Waals surface area contributed by atoms with Crippen molar-refractivity contribution in [3.63, 3.8) is 0 Å². The third kappa shape index (κ3) is 2.70. The summed E-state index contributed by atoms with van der Waals surface area (Å²) < 4.78 is 0. The highest BCUT2D eigenvalue weighted by Crippen LogP contribution is 2.17. The monoisotopic (exact) mass is 243 g/mol. The van der Waals surface area contributed by atoms with Gasteiger partial charge in [-0.05, 0) is 26.4 Å². The van der Waals surface area contributed by atoms with Crippen LogP contribution in [0.1, 0.15) is 12.8 Å². The van der Waals surface area contributed by atoms with E-state index in [1.54, 1.807) is 11.8 Å². The summed E-state index contributed by atoms with van der Waals surface area (Å²) in [7, 11) is 4.08. The van der Waals surface area contributed by atoms with Crippen LogP contribution in [-0.4, -0.2) is 66.6 Å². The van der Waals surface area contributed by atoms with E-state index in [-0.39, 0.29) is 11.9 Å². The second kappa shape index (κ2) is 5.38. The van der Waals surface area contributed by atoms with Crippen molar-refractivity contribution in [1.82, 2.24) is 15.1 Å². The van der Waals surface area contributed by atoms with Crippen LogP contribution < -0.4 is 5.32 Å². The van der Waals surface area contributed by atoms with E-state index in [2.05, 4.69) is 17.3 Å². The highest BCUT2D eigenvalue weighted by atomic mass is 32.2. The maximum Gasteiger partial charge on any atom is 0.240 e. The van der Waals surface area contributed by atoms with E-state index in [4.69, 9.17) is 0 Å². The van der Waals surface area contributed by atoms with Gasteiger partial charge in [0.05, 0.1) is 6.04 Å². The van der Waals surface area contributed by atoms with E-state index in [0.717, 1.165) is 18.2 Å². The first kappa shape index (κ1) is 12.2. The molecule has 4 nitrogen and oxygen atoms in total. The van der Waals surface area contributed by atoms with Gasteiger partial charge in [-0.1, -0.05) is 0 Å². The van der Waals surface area contributed by atoms with Crippen LogP contribution in [0.2, 0.25) is 0 Å². The Bertz CT molecular complexity index is 256. The topological polar surface area (TPSA) is 35.6 Å². The van der Waals surface area contributed by atoms with Crippen molar-refractivity contribution in [3.8, 4) is 0 Å². The average Bonchev–Trinajstić information content (AvgIpc) is 2.89. The summed E-state index contributed by atoms with van der Waals surface area (Å²) in [5.74, 6) is 2.09. The van der Waals surface area contributed by atoms with Crippen LogP contribution in [-0.2, 0) is 4.79 Å². The molecule has 0 radical (unpaired) electrons. The van der Waals surface area contributed by atoms with Gasteiger partial charge in [0, 0.05) is 31.3 Å². The number of likely N-dealkylation sites (N-methyl/N-ethyl adjacent to an activating group) is 2. The van der Waals surface area contributed by atoms with Crippen molar-refractivity contribution in [2.75, 3.05) is 38.8 Å². The second-order valence-electron chi connectivity index (χ2n) is 4.77. The fourth-order valence-corrected chi connectivity index (χ4v) is 3.37. The van der Waals surface area contributed by atoms with Crippen LogP contribution in [0.25, 0.3) is 0 Å². The van der Waals surface area contributed by atoms with E-state index in [1.165, 1.54) is 19.4 Å². The summed E-state index contributed by atoms with van der Waals surface area (Å²) in [4.78, 5) is 16.3. The molecule has 2 fully saturated rings. The highest BCUT2D eigenvalue weighted by molar-refractivity contribution is 7.99. The molecule has 1 amide bonds. The van der Waals surface area contributed by atoms with Crippen molar-refractivity contribution in [2.24, 2.45) is 0 Å². The quantitative estimate of drug-likeness (QED) is 0.768. The van der Waals surface area contributed by atoms with Crippen molar-refractivity contribution >= 4 is 17.7 Å². The molecular weight excluding hydrogens is 222 g/mol. The molecule has 2 saturated heterocycles.